The smallest absolute Gasteiger partial charge is 0.305 e. The summed E-state index contributed by atoms with van der Waals surface area (Å²) >= 11 is 0. The van der Waals surface area contributed by atoms with Gasteiger partial charge in [0, 0.05) is 12.0 Å². The molecule has 0 aliphatic rings. The van der Waals surface area contributed by atoms with Crippen molar-refractivity contribution in [3.05, 3.63) is 35.9 Å². The molecule has 0 fully saturated rings. The highest BCUT2D eigenvalue weighted by molar-refractivity contribution is 5.68. The highest BCUT2D eigenvalue weighted by atomic mass is 35.5. The molecule has 1 rings (SSSR count). The highest BCUT2D eigenvalue weighted by Crippen LogP contribution is 1.94. The van der Waals surface area contributed by atoms with Crippen LogP contribution in [0.4, 0.5) is 0 Å². The normalized spacial score (nSPS) is 9.31. The van der Waals surface area contributed by atoms with Gasteiger partial charge in [-0.05, 0) is 0 Å². The van der Waals surface area contributed by atoms with Crippen LogP contribution < -0.4 is 17.7 Å². The average molecular weight is 244 g/mol. The predicted molar refractivity (Wildman–Crippen MR) is 58.2 cm³/mol. The summed E-state index contributed by atoms with van der Waals surface area (Å²) in [6, 6.07) is 10.2. The molecule has 0 aromatic heterocycles. The van der Waals surface area contributed by atoms with Crippen molar-refractivity contribution in [2.24, 2.45) is 0 Å². The van der Waals surface area contributed by atoms with Gasteiger partial charge in [0.05, 0.1) is 0 Å². The Morgan fingerprint density at radius 3 is 2.62 bits per heavy atom. The number of carbonyl (C=O) groups is 1. The molecule has 0 aliphatic heterocycles. The largest absolute Gasteiger partial charge is 1.00 e. The Hall–Kier alpha value is -1.06. The van der Waals surface area contributed by atoms with Crippen molar-refractivity contribution in [1.82, 2.24) is 0 Å². The summed E-state index contributed by atoms with van der Waals surface area (Å²) in [6.45, 7) is 4.06. The summed E-state index contributed by atoms with van der Waals surface area (Å²) in [4.78, 5) is 10.8. The van der Waals surface area contributed by atoms with E-state index in [0.29, 0.717) is 13.0 Å². The molecular weight excluding hydrogens is 226 g/mol. The number of esters is 1. The fourth-order valence-corrected chi connectivity index (χ4v) is 1.24. The number of carbonyl (C=O) groups excluding carboxylic acids is 1. The molecule has 3 nitrogen and oxygen atoms in total. The molecule has 1 aromatic carbocycles. The summed E-state index contributed by atoms with van der Waals surface area (Å²) < 4.78 is 4.96. The van der Waals surface area contributed by atoms with Gasteiger partial charge < -0.3 is 22.5 Å². The first-order valence-corrected chi connectivity index (χ1v) is 5.34. The van der Waals surface area contributed by atoms with Gasteiger partial charge in [-0.2, -0.15) is 0 Å². The Labute approximate surface area is 103 Å². The molecule has 0 spiro atoms. The first-order valence-electron chi connectivity index (χ1n) is 5.34. The zero-order chi connectivity index (χ0) is 10.9. The predicted octanol–water partition coefficient (Wildman–Crippen LogP) is -2.29. The van der Waals surface area contributed by atoms with Crippen molar-refractivity contribution in [1.29, 1.82) is 0 Å². The first-order chi connectivity index (χ1) is 7.33. The molecule has 0 bridgehead atoms. The van der Waals surface area contributed by atoms with Crippen LogP contribution in [0.15, 0.2) is 30.3 Å². The molecule has 0 aliphatic carbocycles. The second-order valence-electron chi connectivity index (χ2n) is 3.34. The molecule has 0 radical (unpaired) electrons. The lowest BCUT2D eigenvalue weighted by Crippen LogP contribution is -3.00. The standard InChI is InChI=1S/C12H17NO2.ClH/c1-2-12(14)15-9-8-13-10-11-6-4-3-5-7-11;/h3-7,13H,2,8-10H2,1H3;1H. The van der Waals surface area contributed by atoms with Crippen molar-refractivity contribution in [2.45, 2.75) is 19.9 Å². The zero-order valence-corrected chi connectivity index (χ0v) is 10.2. The van der Waals surface area contributed by atoms with Gasteiger partial charge >= 0.3 is 5.97 Å². The maximum atomic E-state index is 10.8. The van der Waals surface area contributed by atoms with E-state index in [1.54, 1.807) is 6.92 Å². The van der Waals surface area contributed by atoms with E-state index in [1.807, 2.05) is 18.2 Å². The third kappa shape index (κ3) is 6.43. The van der Waals surface area contributed by atoms with Gasteiger partial charge in [0.15, 0.2) is 0 Å². The maximum absolute atomic E-state index is 10.8. The van der Waals surface area contributed by atoms with Crippen molar-refractivity contribution < 1.29 is 27.3 Å². The average Bonchev–Trinajstić information content (AvgIpc) is 2.29. The molecule has 0 atom stereocenters. The van der Waals surface area contributed by atoms with E-state index in [1.165, 1.54) is 5.56 Å². The summed E-state index contributed by atoms with van der Waals surface area (Å²) in [5.74, 6) is -0.122. The van der Waals surface area contributed by atoms with E-state index in [4.69, 9.17) is 4.74 Å². The SMILES string of the molecule is CCC(=O)OCC[NH2+]Cc1ccccc1.[Cl-]. The third-order valence-corrected chi connectivity index (χ3v) is 2.10. The Balaban J connectivity index is 0.00000225. The Morgan fingerprint density at radius 1 is 1.31 bits per heavy atom. The van der Waals surface area contributed by atoms with Crippen molar-refractivity contribution in [2.75, 3.05) is 13.2 Å². The molecule has 0 amide bonds. The van der Waals surface area contributed by atoms with Crippen LogP contribution in [0.1, 0.15) is 18.9 Å². The Kier molecular flexibility index (Phi) is 8.58. The van der Waals surface area contributed by atoms with Crippen molar-refractivity contribution >= 4 is 5.97 Å². The molecule has 1 aromatic rings. The minimum absolute atomic E-state index is 0. The van der Waals surface area contributed by atoms with Crippen molar-refractivity contribution in [3.63, 3.8) is 0 Å². The highest BCUT2D eigenvalue weighted by Gasteiger charge is 1.98. The van der Waals surface area contributed by atoms with Gasteiger partial charge in [-0.3, -0.25) is 4.79 Å². The van der Waals surface area contributed by atoms with Crippen molar-refractivity contribution in [3.8, 4) is 0 Å². The van der Waals surface area contributed by atoms with Gasteiger partial charge in [0.2, 0.25) is 0 Å². The van der Waals surface area contributed by atoms with Gasteiger partial charge in [0.25, 0.3) is 0 Å². The molecule has 4 heteroatoms. The quantitative estimate of drug-likeness (QED) is 0.452. The minimum Gasteiger partial charge on any atom is -1.00 e. The summed E-state index contributed by atoms with van der Waals surface area (Å²) in [5.41, 5.74) is 1.29. The van der Waals surface area contributed by atoms with Crippen LogP contribution in [-0.2, 0) is 16.1 Å². The van der Waals surface area contributed by atoms with Crippen LogP contribution >= 0.6 is 0 Å². The second-order valence-corrected chi connectivity index (χ2v) is 3.34. The Bertz CT molecular complexity index is 290. The van der Waals surface area contributed by atoms with E-state index < -0.39 is 0 Å². The van der Waals surface area contributed by atoms with Crippen LogP contribution in [0.2, 0.25) is 0 Å². The number of halogens is 1. The molecule has 0 saturated carbocycles. The lowest BCUT2D eigenvalue weighted by molar-refractivity contribution is -0.671. The van der Waals surface area contributed by atoms with Crippen LogP contribution in [0.3, 0.4) is 0 Å². The van der Waals surface area contributed by atoms with Gasteiger partial charge in [-0.15, -0.1) is 0 Å². The Morgan fingerprint density at radius 2 is 2.00 bits per heavy atom. The van der Waals surface area contributed by atoms with Gasteiger partial charge in [-0.25, -0.2) is 0 Å². The fraction of sp³-hybridized carbons (Fsp3) is 0.417. The van der Waals surface area contributed by atoms with E-state index in [0.717, 1.165) is 13.1 Å². The molecule has 0 saturated heterocycles. The molecule has 0 unspecified atom stereocenters. The van der Waals surface area contributed by atoms with E-state index in [-0.39, 0.29) is 18.4 Å². The fourth-order valence-electron chi connectivity index (χ4n) is 1.24. The number of ether oxygens (including phenoxy) is 1. The van der Waals surface area contributed by atoms with Crippen LogP contribution in [-0.4, -0.2) is 19.1 Å². The maximum Gasteiger partial charge on any atom is 0.305 e. The van der Waals surface area contributed by atoms with E-state index >= 15 is 0 Å². The third-order valence-electron chi connectivity index (χ3n) is 2.10. The summed E-state index contributed by atoms with van der Waals surface area (Å²) in [6.07, 6.45) is 0.457. The lowest BCUT2D eigenvalue weighted by Gasteiger charge is -2.03. The number of benzene rings is 1. The van der Waals surface area contributed by atoms with Crippen LogP contribution in [0.5, 0.6) is 0 Å². The zero-order valence-electron chi connectivity index (χ0n) is 9.49. The topological polar surface area (TPSA) is 42.9 Å². The van der Waals surface area contributed by atoms with E-state index in [9.17, 15) is 4.79 Å². The molecular formula is C12H18ClNO2. The van der Waals surface area contributed by atoms with Crippen LogP contribution in [0.25, 0.3) is 0 Å². The number of hydrogen-bond donors (Lipinski definition) is 1. The first kappa shape index (κ1) is 14.9. The monoisotopic (exact) mass is 243 g/mol. The molecule has 2 N–H and O–H groups in total. The molecule has 90 valence electrons. The summed E-state index contributed by atoms with van der Waals surface area (Å²) in [7, 11) is 0. The summed E-state index contributed by atoms with van der Waals surface area (Å²) in [5, 5.41) is 2.14. The molecule has 16 heavy (non-hydrogen) atoms. The number of quaternary nitrogens is 1. The number of hydrogen-bond acceptors (Lipinski definition) is 2. The number of rotatable bonds is 6. The van der Waals surface area contributed by atoms with Gasteiger partial charge in [-0.1, -0.05) is 37.3 Å². The lowest BCUT2D eigenvalue weighted by atomic mass is 10.2. The van der Waals surface area contributed by atoms with Crippen LogP contribution in [0, 0.1) is 0 Å². The second kappa shape index (κ2) is 9.19. The molecule has 0 heterocycles. The van der Waals surface area contributed by atoms with E-state index in [2.05, 4.69) is 17.4 Å². The number of nitrogens with two attached hydrogens (primary N) is 1. The van der Waals surface area contributed by atoms with Gasteiger partial charge in [0.1, 0.15) is 19.7 Å². The minimum atomic E-state index is -0.122.